The fourth-order valence-electron chi connectivity index (χ4n) is 2.86. The summed E-state index contributed by atoms with van der Waals surface area (Å²) in [5.41, 5.74) is 1.12. The van der Waals surface area contributed by atoms with Crippen molar-refractivity contribution in [3.05, 3.63) is 30.0 Å². The summed E-state index contributed by atoms with van der Waals surface area (Å²) in [4.78, 5) is 16.4. The fraction of sp³-hybridized carbons (Fsp3) is 0.526. The molecule has 0 saturated heterocycles. The molecule has 28 heavy (non-hydrogen) atoms. The van der Waals surface area contributed by atoms with E-state index in [1.165, 1.54) is 0 Å². The Kier molecular flexibility index (Phi) is 5.20. The van der Waals surface area contributed by atoms with Crippen molar-refractivity contribution in [1.29, 1.82) is 0 Å². The Balaban J connectivity index is 2.13. The van der Waals surface area contributed by atoms with Crippen LogP contribution in [0.4, 0.5) is 0 Å². The summed E-state index contributed by atoms with van der Waals surface area (Å²) in [6.45, 7) is 9.94. The number of likely N-dealkylation sites (N-methyl/N-ethyl adjacent to an activating group) is 1. The number of amides is 1. The van der Waals surface area contributed by atoms with Crippen molar-refractivity contribution >= 4 is 11.6 Å². The number of carbonyl (C=O) groups is 1. The first-order chi connectivity index (χ1) is 13.1. The Bertz CT molecular complexity index is 998. The predicted octanol–water partition coefficient (Wildman–Crippen LogP) is 1.72. The molecule has 3 rings (SSSR count). The van der Waals surface area contributed by atoms with Crippen LogP contribution in [0, 0.1) is 5.92 Å². The molecule has 3 heterocycles. The number of carbonyl (C=O) groups excluding carboxylic acids is 1. The van der Waals surface area contributed by atoms with Crippen molar-refractivity contribution in [3.8, 4) is 11.4 Å². The number of pyridine rings is 1. The number of rotatable bonds is 5. The maximum atomic E-state index is 11.8. The van der Waals surface area contributed by atoms with E-state index >= 15 is 0 Å². The zero-order valence-electron chi connectivity index (χ0n) is 17.1. The molecule has 0 fully saturated rings. The Morgan fingerprint density at radius 1 is 1.25 bits per heavy atom. The van der Waals surface area contributed by atoms with Crippen molar-refractivity contribution in [3.63, 3.8) is 0 Å². The van der Waals surface area contributed by atoms with Crippen LogP contribution in [0.1, 0.15) is 52.4 Å². The average molecular weight is 385 g/mol. The molecule has 2 N–H and O–H groups in total. The summed E-state index contributed by atoms with van der Waals surface area (Å²) < 4.78 is 3.59. The monoisotopic (exact) mass is 385 g/mol. The molecule has 0 spiro atoms. The molecule has 0 aliphatic heterocycles. The van der Waals surface area contributed by atoms with Gasteiger partial charge in [-0.2, -0.15) is 5.10 Å². The van der Waals surface area contributed by atoms with E-state index in [9.17, 15) is 9.90 Å². The van der Waals surface area contributed by atoms with Gasteiger partial charge in [0.2, 0.25) is 5.91 Å². The van der Waals surface area contributed by atoms with Gasteiger partial charge in [0.1, 0.15) is 6.10 Å². The molecule has 0 aromatic carbocycles. The highest BCUT2D eigenvalue weighted by Gasteiger charge is 2.24. The summed E-state index contributed by atoms with van der Waals surface area (Å²) in [6, 6.07) is 3.73. The molecule has 3 aromatic heterocycles. The topological polar surface area (TPSA) is 110 Å². The molecule has 0 radical (unpaired) electrons. The lowest BCUT2D eigenvalue weighted by atomic mass is 10.1. The fourth-order valence-corrected chi connectivity index (χ4v) is 2.86. The summed E-state index contributed by atoms with van der Waals surface area (Å²) in [6.07, 6.45) is 1.24. The molecule has 0 aliphatic rings. The van der Waals surface area contributed by atoms with Gasteiger partial charge in [0.25, 0.3) is 0 Å². The van der Waals surface area contributed by atoms with Crippen LogP contribution in [0.3, 0.4) is 0 Å². The van der Waals surface area contributed by atoms with Gasteiger partial charge in [0.15, 0.2) is 23.1 Å². The highest BCUT2D eigenvalue weighted by molar-refractivity contribution is 5.77. The molecule has 1 amide bonds. The molecular formula is C19H27N7O2. The molecule has 0 aliphatic carbocycles. The summed E-state index contributed by atoms with van der Waals surface area (Å²) >= 11 is 0. The number of hydrogen-bond donors (Lipinski definition) is 2. The number of nitrogens with one attached hydrogen (secondary N) is 1. The van der Waals surface area contributed by atoms with Crippen LogP contribution in [0.15, 0.2) is 18.3 Å². The van der Waals surface area contributed by atoms with E-state index in [1.54, 1.807) is 11.4 Å². The molecule has 3 aromatic rings. The minimum Gasteiger partial charge on any atom is -0.385 e. The lowest BCUT2D eigenvalue weighted by Gasteiger charge is -2.21. The van der Waals surface area contributed by atoms with Gasteiger partial charge in [-0.25, -0.2) is 9.67 Å². The quantitative estimate of drug-likeness (QED) is 0.692. The normalized spacial score (nSPS) is 13.3. The van der Waals surface area contributed by atoms with Gasteiger partial charge in [0, 0.05) is 18.8 Å². The maximum Gasteiger partial charge on any atom is 0.227 e. The highest BCUT2D eigenvalue weighted by Crippen LogP contribution is 2.26. The SMILES string of the molecule is CNC(=O)Cc1nc(-c2ccc3nnc(C(O)C(C)C)n3c2)n(C(C)(C)C)n1. The van der Waals surface area contributed by atoms with Crippen molar-refractivity contribution in [2.24, 2.45) is 5.92 Å². The molecule has 0 bridgehead atoms. The summed E-state index contributed by atoms with van der Waals surface area (Å²) in [5, 5.41) is 25.9. The van der Waals surface area contributed by atoms with E-state index in [2.05, 4.69) is 25.6 Å². The molecule has 9 heteroatoms. The van der Waals surface area contributed by atoms with Crippen LogP contribution < -0.4 is 5.32 Å². The lowest BCUT2D eigenvalue weighted by Crippen LogP contribution is -2.25. The number of nitrogens with zero attached hydrogens (tertiary/aromatic N) is 6. The number of aliphatic hydroxyl groups excluding tert-OH is 1. The molecular weight excluding hydrogens is 358 g/mol. The number of aromatic nitrogens is 6. The molecule has 150 valence electrons. The second-order valence-electron chi connectivity index (χ2n) is 8.18. The number of aliphatic hydroxyl groups is 1. The zero-order valence-corrected chi connectivity index (χ0v) is 17.1. The second-order valence-corrected chi connectivity index (χ2v) is 8.18. The maximum absolute atomic E-state index is 11.8. The molecule has 1 unspecified atom stereocenters. The van der Waals surface area contributed by atoms with Crippen LogP contribution >= 0.6 is 0 Å². The van der Waals surface area contributed by atoms with E-state index in [0.717, 1.165) is 5.56 Å². The third kappa shape index (κ3) is 3.75. The van der Waals surface area contributed by atoms with Crippen LogP contribution in [0.2, 0.25) is 0 Å². The second kappa shape index (κ2) is 7.31. The van der Waals surface area contributed by atoms with Crippen LogP contribution in [-0.2, 0) is 16.8 Å². The zero-order chi connectivity index (χ0) is 20.6. The smallest absolute Gasteiger partial charge is 0.227 e. The van der Waals surface area contributed by atoms with Crippen molar-refractivity contribution in [1.82, 2.24) is 34.7 Å². The standard InChI is InChI=1S/C19H27N7O2/c1-11(2)16(28)18-23-22-14-8-7-12(10-25(14)18)17-21-13(9-15(27)20-6)24-26(17)19(3,4)5/h7-8,10-11,16,28H,9H2,1-6H3,(H,20,27). The molecule has 1 atom stereocenters. The van der Waals surface area contributed by atoms with Crippen LogP contribution in [-0.4, -0.2) is 47.4 Å². The third-order valence-corrected chi connectivity index (χ3v) is 4.47. The third-order valence-electron chi connectivity index (χ3n) is 4.47. The first-order valence-electron chi connectivity index (χ1n) is 9.32. The number of fused-ring (bicyclic) bond motifs is 1. The molecule has 9 nitrogen and oxygen atoms in total. The number of hydrogen-bond acceptors (Lipinski definition) is 6. The van der Waals surface area contributed by atoms with E-state index in [4.69, 9.17) is 0 Å². The predicted molar refractivity (Wildman–Crippen MR) is 105 cm³/mol. The van der Waals surface area contributed by atoms with Gasteiger partial charge < -0.3 is 10.4 Å². The average Bonchev–Trinajstić information content (AvgIpc) is 3.24. The van der Waals surface area contributed by atoms with Gasteiger partial charge in [-0.05, 0) is 38.8 Å². The summed E-state index contributed by atoms with van der Waals surface area (Å²) in [5.74, 6) is 1.45. The van der Waals surface area contributed by atoms with Crippen molar-refractivity contribution < 1.29 is 9.90 Å². The summed E-state index contributed by atoms with van der Waals surface area (Å²) in [7, 11) is 1.59. The van der Waals surface area contributed by atoms with Crippen molar-refractivity contribution in [2.75, 3.05) is 7.05 Å². The molecule has 0 saturated carbocycles. The van der Waals surface area contributed by atoms with Gasteiger partial charge in [-0.3, -0.25) is 9.20 Å². The van der Waals surface area contributed by atoms with E-state index in [1.807, 2.05) is 57.6 Å². The Morgan fingerprint density at radius 2 is 1.96 bits per heavy atom. The first kappa shape index (κ1) is 19.9. The van der Waals surface area contributed by atoms with Gasteiger partial charge in [-0.1, -0.05) is 13.8 Å². The van der Waals surface area contributed by atoms with E-state index in [0.29, 0.717) is 23.1 Å². The van der Waals surface area contributed by atoms with Crippen molar-refractivity contribution in [2.45, 2.75) is 52.7 Å². The van der Waals surface area contributed by atoms with E-state index in [-0.39, 0.29) is 23.8 Å². The Labute approximate surface area is 163 Å². The van der Waals surface area contributed by atoms with Gasteiger partial charge in [-0.15, -0.1) is 10.2 Å². The minimum absolute atomic E-state index is 0.00782. The van der Waals surface area contributed by atoms with E-state index < -0.39 is 6.10 Å². The van der Waals surface area contributed by atoms with Crippen LogP contribution in [0.5, 0.6) is 0 Å². The van der Waals surface area contributed by atoms with Crippen LogP contribution in [0.25, 0.3) is 17.0 Å². The van der Waals surface area contributed by atoms with Gasteiger partial charge >= 0.3 is 0 Å². The largest absolute Gasteiger partial charge is 0.385 e. The Hall–Kier alpha value is -2.81. The lowest BCUT2D eigenvalue weighted by molar-refractivity contribution is -0.120. The highest BCUT2D eigenvalue weighted by atomic mass is 16.3. The first-order valence-corrected chi connectivity index (χ1v) is 9.32. The van der Waals surface area contributed by atoms with Gasteiger partial charge in [0.05, 0.1) is 12.0 Å². The Morgan fingerprint density at radius 3 is 2.57 bits per heavy atom. The minimum atomic E-state index is -0.727.